The minimum atomic E-state index is 0.574. The van der Waals surface area contributed by atoms with Gasteiger partial charge in [0.05, 0.1) is 9.50 Å². The third kappa shape index (κ3) is 4.89. The van der Waals surface area contributed by atoms with Crippen LogP contribution >= 0.6 is 39.1 Å². The predicted molar refractivity (Wildman–Crippen MR) is 74.6 cm³/mol. The van der Waals surface area contributed by atoms with E-state index in [0.29, 0.717) is 10.9 Å². The van der Waals surface area contributed by atoms with Crippen LogP contribution in [0.25, 0.3) is 0 Å². The molecule has 0 aliphatic rings. The second kappa shape index (κ2) is 7.36. The minimum absolute atomic E-state index is 0.574. The number of hydrogen-bond acceptors (Lipinski definition) is 2. The average Bonchev–Trinajstić information content (AvgIpc) is 2.26. The van der Waals surface area contributed by atoms with Crippen molar-refractivity contribution in [2.75, 3.05) is 17.7 Å². The van der Waals surface area contributed by atoms with Gasteiger partial charge in [-0.2, -0.15) is 0 Å². The van der Waals surface area contributed by atoms with Crippen molar-refractivity contribution in [1.29, 1.82) is 0 Å². The lowest BCUT2D eigenvalue weighted by Crippen LogP contribution is -2.06. The summed E-state index contributed by atoms with van der Waals surface area (Å²) in [4.78, 5) is 4.20. The van der Waals surface area contributed by atoms with E-state index < -0.39 is 0 Å². The van der Waals surface area contributed by atoms with Gasteiger partial charge in [-0.1, -0.05) is 18.5 Å². The summed E-state index contributed by atoms with van der Waals surface area (Å²) < 4.78 is 0.894. The highest BCUT2D eigenvalue weighted by atomic mass is 79.9. The Morgan fingerprint density at radius 1 is 1.56 bits per heavy atom. The van der Waals surface area contributed by atoms with Crippen molar-refractivity contribution in [3.05, 3.63) is 21.8 Å². The maximum atomic E-state index is 5.80. The lowest BCUT2D eigenvalue weighted by Gasteiger charge is -2.09. The first-order valence-electron chi connectivity index (χ1n) is 5.24. The van der Waals surface area contributed by atoms with Crippen LogP contribution in [0.1, 0.15) is 19.8 Å². The number of nitrogens with one attached hydrogen (secondary N) is 1. The molecule has 0 aromatic carbocycles. The van der Waals surface area contributed by atoms with Crippen molar-refractivity contribution >= 4 is 44.9 Å². The molecule has 0 spiro atoms. The van der Waals surface area contributed by atoms with E-state index in [1.54, 1.807) is 6.20 Å². The molecule has 1 unspecified atom stereocenters. The van der Waals surface area contributed by atoms with Gasteiger partial charge in [-0.15, -0.1) is 11.6 Å². The predicted octanol–water partition coefficient (Wildman–Crippen LogP) is 4.56. The number of nitrogens with zero attached hydrogens (tertiary/aromatic N) is 1. The Hall–Kier alpha value is 0.01000. The van der Waals surface area contributed by atoms with Gasteiger partial charge in [-0.3, -0.25) is 0 Å². The van der Waals surface area contributed by atoms with Gasteiger partial charge < -0.3 is 5.32 Å². The van der Waals surface area contributed by atoms with Crippen molar-refractivity contribution in [3.8, 4) is 0 Å². The Morgan fingerprint density at radius 3 is 2.94 bits per heavy atom. The van der Waals surface area contributed by atoms with E-state index in [1.807, 2.05) is 6.07 Å². The smallest absolute Gasteiger partial charge is 0.140 e. The van der Waals surface area contributed by atoms with Gasteiger partial charge in [0.25, 0.3) is 0 Å². The summed E-state index contributed by atoms with van der Waals surface area (Å²) in [6.07, 6.45) is 3.85. The second-order valence-corrected chi connectivity index (χ2v) is 5.41. The van der Waals surface area contributed by atoms with E-state index in [0.717, 1.165) is 35.6 Å². The molecule has 0 fully saturated rings. The van der Waals surface area contributed by atoms with Gasteiger partial charge in [-0.25, -0.2) is 4.98 Å². The van der Waals surface area contributed by atoms with Crippen molar-refractivity contribution in [3.63, 3.8) is 0 Å². The lowest BCUT2D eigenvalue weighted by atomic mass is 10.1. The molecule has 1 aromatic rings. The van der Waals surface area contributed by atoms with E-state index >= 15 is 0 Å². The highest BCUT2D eigenvalue weighted by Crippen LogP contribution is 2.23. The van der Waals surface area contributed by atoms with Crippen LogP contribution < -0.4 is 5.32 Å². The summed E-state index contributed by atoms with van der Waals surface area (Å²) in [6.45, 7) is 3.05. The zero-order valence-corrected chi connectivity index (χ0v) is 12.2. The Labute approximate surface area is 115 Å². The summed E-state index contributed by atoms with van der Waals surface area (Å²) in [5, 5.41) is 3.89. The fourth-order valence-electron chi connectivity index (χ4n) is 1.28. The molecule has 1 aromatic heterocycles. The number of anilines is 1. The van der Waals surface area contributed by atoms with E-state index in [4.69, 9.17) is 23.2 Å². The van der Waals surface area contributed by atoms with Gasteiger partial charge in [0.2, 0.25) is 0 Å². The monoisotopic (exact) mass is 324 g/mol. The molecule has 16 heavy (non-hydrogen) atoms. The number of halogens is 3. The van der Waals surface area contributed by atoms with Crippen molar-refractivity contribution < 1.29 is 0 Å². The van der Waals surface area contributed by atoms with Crippen LogP contribution in [0.4, 0.5) is 5.82 Å². The molecule has 0 radical (unpaired) electrons. The fraction of sp³-hybridized carbons (Fsp3) is 0.545. The molecule has 5 heteroatoms. The van der Waals surface area contributed by atoms with Gasteiger partial charge in [0, 0.05) is 18.6 Å². The molecule has 1 heterocycles. The Bertz CT molecular complexity index is 334. The molecule has 2 nitrogen and oxygen atoms in total. The fourth-order valence-corrected chi connectivity index (χ4v) is 2.21. The molecule has 0 aliphatic carbocycles. The second-order valence-electron chi connectivity index (χ2n) is 3.81. The van der Waals surface area contributed by atoms with E-state index in [2.05, 4.69) is 33.2 Å². The zero-order chi connectivity index (χ0) is 12.0. The van der Waals surface area contributed by atoms with Gasteiger partial charge in [-0.05, 0) is 40.8 Å². The van der Waals surface area contributed by atoms with Crippen LogP contribution in [0.15, 0.2) is 16.7 Å². The standard InChI is InChI=1S/C11H15BrCl2N2/c1-8(6-13)3-2-4-15-11-10(12)5-9(14)7-16-11/h5,7-8H,2-4,6H2,1H3,(H,15,16). The van der Waals surface area contributed by atoms with E-state index in [1.165, 1.54) is 0 Å². The summed E-state index contributed by atoms with van der Waals surface area (Å²) >= 11 is 15.0. The number of aromatic nitrogens is 1. The molecule has 1 atom stereocenters. The Kier molecular flexibility index (Phi) is 6.47. The summed E-state index contributed by atoms with van der Waals surface area (Å²) in [6, 6.07) is 1.83. The zero-order valence-electron chi connectivity index (χ0n) is 9.14. The van der Waals surface area contributed by atoms with Crippen molar-refractivity contribution in [1.82, 2.24) is 4.98 Å². The maximum Gasteiger partial charge on any atom is 0.140 e. The molecule has 0 bridgehead atoms. The summed E-state index contributed by atoms with van der Waals surface area (Å²) in [5.41, 5.74) is 0. The van der Waals surface area contributed by atoms with Crippen LogP contribution in [-0.2, 0) is 0 Å². The highest BCUT2D eigenvalue weighted by Gasteiger charge is 2.03. The van der Waals surface area contributed by atoms with Crippen LogP contribution in [0.3, 0.4) is 0 Å². The third-order valence-electron chi connectivity index (χ3n) is 2.24. The molecular formula is C11H15BrCl2N2. The first-order valence-corrected chi connectivity index (χ1v) is 6.95. The number of rotatable bonds is 6. The largest absolute Gasteiger partial charge is 0.369 e. The van der Waals surface area contributed by atoms with Crippen molar-refractivity contribution in [2.45, 2.75) is 19.8 Å². The van der Waals surface area contributed by atoms with Gasteiger partial charge in [0.15, 0.2) is 0 Å². The third-order valence-corrected chi connectivity index (χ3v) is 3.58. The minimum Gasteiger partial charge on any atom is -0.369 e. The molecule has 90 valence electrons. The first kappa shape index (κ1) is 14.1. The molecular weight excluding hydrogens is 311 g/mol. The maximum absolute atomic E-state index is 5.80. The molecule has 0 saturated heterocycles. The quantitative estimate of drug-likeness (QED) is 0.612. The lowest BCUT2D eigenvalue weighted by molar-refractivity contribution is 0.572. The number of pyridine rings is 1. The first-order chi connectivity index (χ1) is 7.63. The molecule has 0 aliphatic heterocycles. The molecule has 0 amide bonds. The van der Waals surface area contributed by atoms with Crippen LogP contribution in [-0.4, -0.2) is 17.4 Å². The number of hydrogen-bond donors (Lipinski definition) is 1. The summed E-state index contributed by atoms with van der Waals surface area (Å²) in [7, 11) is 0. The molecule has 1 rings (SSSR count). The van der Waals surface area contributed by atoms with Crippen LogP contribution in [0.2, 0.25) is 5.02 Å². The average molecular weight is 326 g/mol. The van der Waals surface area contributed by atoms with Crippen LogP contribution in [0, 0.1) is 5.92 Å². The van der Waals surface area contributed by atoms with E-state index in [-0.39, 0.29) is 0 Å². The number of alkyl halides is 1. The highest BCUT2D eigenvalue weighted by molar-refractivity contribution is 9.10. The Balaban J connectivity index is 2.32. The van der Waals surface area contributed by atoms with Gasteiger partial charge in [0.1, 0.15) is 5.82 Å². The normalized spacial score (nSPS) is 12.5. The van der Waals surface area contributed by atoms with Gasteiger partial charge >= 0.3 is 0 Å². The molecule has 0 saturated carbocycles. The summed E-state index contributed by atoms with van der Waals surface area (Å²) in [5.74, 6) is 2.14. The topological polar surface area (TPSA) is 24.9 Å². The van der Waals surface area contributed by atoms with Crippen molar-refractivity contribution in [2.24, 2.45) is 5.92 Å². The molecule has 1 N–H and O–H groups in total. The van der Waals surface area contributed by atoms with E-state index in [9.17, 15) is 0 Å². The Morgan fingerprint density at radius 2 is 2.31 bits per heavy atom. The SMILES string of the molecule is CC(CCl)CCCNc1ncc(Cl)cc1Br. The van der Waals surface area contributed by atoms with Crippen LogP contribution in [0.5, 0.6) is 0 Å².